The number of fused-ring (bicyclic) bond motifs is 2. The van der Waals surface area contributed by atoms with Crippen molar-refractivity contribution in [2.24, 2.45) is 0 Å². The number of hydrogen-bond acceptors (Lipinski definition) is 6. The maximum atomic E-state index is 12.5. The van der Waals surface area contributed by atoms with E-state index in [0.29, 0.717) is 17.0 Å². The molecule has 0 aliphatic carbocycles. The number of hydroxylamine groups is 2. The van der Waals surface area contributed by atoms with Gasteiger partial charge in [0.25, 0.3) is 0 Å². The number of benzene rings is 2. The number of rotatable bonds is 3. The molecule has 7 nitrogen and oxygen atoms in total. The summed E-state index contributed by atoms with van der Waals surface area (Å²) < 4.78 is 6.90. The van der Waals surface area contributed by atoms with Crippen LogP contribution < -0.4 is 5.63 Å². The van der Waals surface area contributed by atoms with Crippen molar-refractivity contribution in [2.75, 3.05) is 7.11 Å². The van der Waals surface area contributed by atoms with Gasteiger partial charge in [-0.1, -0.05) is 35.5 Å². The highest BCUT2D eigenvalue weighted by atomic mass is 16.7. The molecule has 31 heavy (non-hydrogen) atoms. The van der Waals surface area contributed by atoms with Crippen molar-refractivity contribution in [3.8, 4) is 16.9 Å². The van der Waals surface area contributed by atoms with E-state index in [1.165, 1.54) is 15.8 Å². The molecule has 3 heterocycles. The summed E-state index contributed by atoms with van der Waals surface area (Å²) in [5.41, 5.74) is 3.85. The zero-order valence-electron chi connectivity index (χ0n) is 18.2. The molecule has 5 rings (SSSR count). The molecule has 4 aromatic rings. The molecule has 1 aliphatic heterocycles. The molecule has 0 unspecified atom stereocenters. The number of aromatic nitrogens is 3. The van der Waals surface area contributed by atoms with E-state index in [1.807, 2.05) is 29.3 Å². The van der Waals surface area contributed by atoms with Crippen molar-refractivity contribution in [1.29, 1.82) is 0 Å². The number of nitrogens with zero attached hydrogens (tertiary/aromatic N) is 4. The molecule has 0 saturated heterocycles. The SMILES string of the molecule is CON1C(C)(C)c2ccc(-c3cn(-c4cc5ccccc5oc4=O)nn3)cc2C1(C)C. The minimum atomic E-state index is -0.456. The molecule has 0 radical (unpaired) electrons. The summed E-state index contributed by atoms with van der Waals surface area (Å²) in [6, 6.07) is 15.4. The maximum absolute atomic E-state index is 12.5. The van der Waals surface area contributed by atoms with Gasteiger partial charge >= 0.3 is 5.63 Å². The van der Waals surface area contributed by atoms with Crippen LogP contribution in [-0.2, 0) is 15.9 Å². The normalized spacial score (nSPS) is 17.2. The molecule has 0 amide bonds. The van der Waals surface area contributed by atoms with Gasteiger partial charge in [-0.15, -0.1) is 5.10 Å². The Morgan fingerprint density at radius 3 is 2.48 bits per heavy atom. The first kappa shape index (κ1) is 19.7. The first-order chi connectivity index (χ1) is 14.7. The Labute approximate surface area is 179 Å². The number of para-hydroxylation sites is 1. The molecule has 158 valence electrons. The van der Waals surface area contributed by atoms with Gasteiger partial charge < -0.3 is 9.25 Å². The largest absolute Gasteiger partial charge is 0.421 e. The lowest BCUT2D eigenvalue weighted by atomic mass is 9.89. The second kappa shape index (κ2) is 6.60. The topological polar surface area (TPSA) is 73.4 Å². The van der Waals surface area contributed by atoms with Gasteiger partial charge in [0.1, 0.15) is 11.3 Å². The maximum Gasteiger partial charge on any atom is 0.362 e. The molecule has 0 bridgehead atoms. The fourth-order valence-electron chi connectivity index (χ4n) is 4.84. The van der Waals surface area contributed by atoms with Crippen LogP contribution in [0.2, 0.25) is 0 Å². The molecule has 0 fully saturated rings. The molecule has 2 aromatic carbocycles. The number of hydrogen-bond donors (Lipinski definition) is 0. The van der Waals surface area contributed by atoms with Crippen LogP contribution in [0.5, 0.6) is 0 Å². The van der Waals surface area contributed by atoms with E-state index in [1.54, 1.807) is 25.4 Å². The van der Waals surface area contributed by atoms with E-state index >= 15 is 0 Å². The highest BCUT2D eigenvalue weighted by Gasteiger charge is 2.50. The zero-order valence-corrected chi connectivity index (χ0v) is 18.2. The Kier molecular flexibility index (Phi) is 4.19. The lowest BCUT2D eigenvalue weighted by Gasteiger charge is -2.38. The molecule has 0 N–H and O–H groups in total. The van der Waals surface area contributed by atoms with Crippen molar-refractivity contribution in [1.82, 2.24) is 20.1 Å². The van der Waals surface area contributed by atoms with Crippen LogP contribution >= 0.6 is 0 Å². The Morgan fingerprint density at radius 1 is 0.968 bits per heavy atom. The van der Waals surface area contributed by atoms with Gasteiger partial charge in [-0.2, -0.15) is 5.06 Å². The van der Waals surface area contributed by atoms with Crippen LogP contribution in [0.15, 0.2) is 63.9 Å². The fraction of sp³-hybridized carbons (Fsp3) is 0.292. The van der Waals surface area contributed by atoms with Gasteiger partial charge in [0.2, 0.25) is 0 Å². The first-order valence-corrected chi connectivity index (χ1v) is 10.2. The summed E-state index contributed by atoms with van der Waals surface area (Å²) in [4.78, 5) is 18.2. The van der Waals surface area contributed by atoms with E-state index in [0.717, 1.165) is 10.9 Å². The van der Waals surface area contributed by atoms with Gasteiger partial charge in [-0.3, -0.25) is 0 Å². The second-order valence-electron chi connectivity index (χ2n) is 8.86. The van der Waals surface area contributed by atoms with E-state index < -0.39 is 5.63 Å². The molecule has 0 spiro atoms. The Balaban J connectivity index is 1.58. The van der Waals surface area contributed by atoms with Gasteiger partial charge in [0.15, 0.2) is 5.69 Å². The quantitative estimate of drug-likeness (QED) is 0.461. The average Bonchev–Trinajstić information content (AvgIpc) is 3.27. The van der Waals surface area contributed by atoms with E-state index in [4.69, 9.17) is 9.25 Å². The smallest absolute Gasteiger partial charge is 0.362 e. The third kappa shape index (κ3) is 2.85. The standard InChI is InChI=1S/C24H24N4O3/c1-23(2)17-11-10-15(12-18(17)24(3,4)28(23)30-5)19-14-27(26-25-19)20-13-16-8-6-7-9-21(16)31-22(20)29/h6-14H,1-5H3. The highest BCUT2D eigenvalue weighted by molar-refractivity contribution is 5.78. The third-order valence-electron chi connectivity index (χ3n) is 6.19. The first-order valence-electron chi connectivity index (χ1n) is 10.2. The Morgan fingerprint density at radius 2 is 1.71 bits per heavy atom. The lowest BCUT2D eigenvalue weighted by molar-refractivity contribution is -0.241. The van der Waals surface area contributed by atoms with E-state index in [-0.39, 0.29) is 11.1 Å². The van der Waals surface area contributed by atoms with Gasteiger partial charge in [-0.05, 0) is 57.0 Å². The van der Waals surface area contributed by atoms with Crippen molar-refractivity contribution < 1.29 is 9.25 Å². The van der Waals surface area contributed by atoms with Crippen LogP contribution in [0.4, 0.5) is 0 Å². The predicted octanol–water partition coefficient (Wildman–Crippen LogP) is 4.39. The van der Waals surface area contributed by atoms with Crippen molar-refractivity contribution >= 4 is 11.0 Å². The minimum Gasteiger partial charge on any atom is -0.421 e. The van der Waals surface area contributed by atoms with Crippen LogP contribution in [0, 0.1) is 0 Å². The summed E-state index contributed by atoms with van der Waals surface area (Å²) >= 11 is 0. The molecular weight excluding hydrogens is 392 g/mol. The summed E-state index contributed by atoms with van der Waals surface area (Å²) in [6.45, 7) is 8.59. The molecule has 0 atom stereocenters. The van der Waals surface area contributed by atoms with Crippen molar-refractivity contribution in [2.45, 2.75) is 38.8 Å². The average molecular weight is 416 g/mol. The molecule has 7 heteroatoms. The zero-order chi connectivity index (χ0) is 22.0. The molecule has 2 aromatic heterocycles. The highest BCUT2D eigenvalue weighted by Crippen LogP contribution is 2.50. The summed E-state index contributed by atoms with van der Waals surface area (Å²) in [6.07, 6.45) is 1.75. The fourth-order valence-corrected chi connectivity index (χ4v) is 4.84. The van der Waals surface area contributed by atoms with E-state index in [2.05, 4.69) is 50.1 Å². The molecule has 1 aliphatic rings. The van der Waals surface area contributed by atoms with Crippen molar-refractivity contribution in [3.05, 3.63) is 76.3 Å². The summed E-state index contributed by atoms with van der Waals surface area (Å²) in [7, 11) is 1.71. The summed E-state index contributed by atoms with van der Waals surface area (Å²) in [5.74, 6) is 0. The van der Waals surface area contributed by atoms with E-state index in [9.17, 15) is 4.79 Å². The summed E-state index contributed by atoms with van der Waals surface area (Å²) in [5, 5.41) is 11.4. The van der Waals surface area contributed by atoms with Gasteiger partial charge in [0, 0.05) is 10.9 Å². The van der Waals surface area contributed by atoms with Gasteiger partial charge in [0.05, 0.1) is 24.4 Å². The Bertz CT molecular complexity index is 1370. The molecule has 0 saturated carbocycles. The second-order valence-corrected chi connectivity index (χ2v) is 8.86. The van der Waals surface area contributed by atoms with Gasteiger partial charge in [-0.25, -0.2) is 9.48 Å². The third-order valence-corrected chi connectivity index (χ3v) is 6.19. The monoisotopic (exact) mass is 416 g/mol. The lowest BCUT2D eigenvalue weighted by Crippen LogP contribution is -2.44. The Hall–Kier alpha value is -3.29. The van der Waals surface area contributed by atoms with Crippen molar-refractivity contribution in [3.63, 3.8) is 0 Å². The van der Waals surface area contributed by atoms with Crippen LogP contribution in [-0.4, -0.2) is 27.2 Å². The minimum absolute atomic E-state index is 0.256. The predicted molar refractivity (Wildman–Crippen MR) is 118 cm³/mol. The van der Waals surface area contributed by atoms with Crippen LogP contribution in [0.25, 0.3) is 27.9 Å². The molecular formula is C24H24N4O3. The van der Waals surface area contributed by atoms with Crippen LogP contribution in [0.1, 0.15) is 38.8 Å². The van der Waals surface area contributed by atoms with Crippen LogP contribution in [0.3, 0.4) is 0 Å².